The number of aromatic hydroxyl groups is 1. The molecule has 0 aliphatic heterocycles. The second-order valence-corrected chi connectivity index (χ2v) is 8.14. The molecule has 7 nitrogen and oxygen atoms in total. The van der Waals surface area contributed by atoms with Crippen LogP contribution in [0.4, 0.5) is 0 Å². The molecule has 0 spiro atoms. The number of aromatic nitrogens is 5. The van der Waals surface area contributed by atoms with Crippen molar-refractivity contribution in [1.82, 2.24) is 30.2 Å². The van der Waals surface area contributed by atoms with Crippen LogP contribution in [0.3, 0.4) is 0 Å². The molecule has 1 aromatic carbocycles. The molecule has 0 fully saturated rings. The van der Waals surface area contributed by atoms with Crippen molar-refractivity contribution >= 4 is 11.6 Å². The number of imidazole rings is 2. The number of hydrogen-bond acceptors (Lipinski definition) is 5. The van der Waals surface area contributed by atoms with Gasteiger partial charge in [-0.15, -0.1) is 0 Å². The molecule has 3 heterocycles. The molecule has 0 aliphatic rings. The van der Waals surface area contributed by atoms with Crippen molar-refractivity contribution in [3.63, 3.8) is 0 Å². The summed E-state index contributed by atoms with van der Waals surface area (Å²) >= 11 is 6.00. The molecule has 0 radical (unpaired) electrons. The lowest BCUT2D eigenvalue weighted by molar-refractivity contribution is 0.444. The van der Waals surface area contributed by atoms with Gasteiger partial charge in [0.15, 0.2) is 0 Å². The fraction of sp³-hybridized carbons (Fsp3) is 0.227. The van der Waals surface area contributed by atoms with Crippen LogP contribution in [0.15, 0.2) is 55.1 Å². The number of aromatic amines is 2. The predicted octanol–water partition coefficient (Wildman–Crippen LogP) is 4.29. The molecule has 0 saturated carbocycles. The van der Waals surface area contributed by atoms with Gasteiger partial charge < -0.3 is 20.4 Å². The van der Waals surface area contributed by atoms with Gasteiger partial charge in [-0.2, -0.15) is 0 Å². The number of H-pyrrole nitrogens is 2. The summed E-state index contributed by atoms with van der Waals surface area (Å²) < 4.78 is 0. The Morgan fingerprint density at radius 1 is 1.10 bits per heavy atom. The van der Waals surface area contributed by atoms with E-state index in [1.165, 1.54) is 0 Å². The molecule has 30 heavy (non-hydrogen) atoms. The lowest BCUT2D eigenvalue weighted by Crippen LogP contribution is -2.33. The van der Waals surface area contributed by atoms with E-state index in [4.69, 9.17) is 16.6 Å². The van der Waals surface area contributed by atoms with Crippen molar-refractivity contribution in [3.8, 4) is 28.3 Å². The zero-order valence-electron chi connectivity index (χ0n) is 16.8. The second kappa shape index (κ2) is 8.30. The minimum Gasteiger partial charge on any atom is -0.506 e. The molecule has 8 heteroatoms. The van der Waals surface area contributed by atoms with Crippen molar-refractivity contribution in [3.05, 3.63) is 71.8 Å². The van der Waals surface area contributed by atoms with E-state index in [-0.39, 0.29) is 11.2 Å². The molecular weight excluding hydrogens is 400 g/mol. The Morgan fingerprint density at radius 3 is 2.60 bits per heavy atom. The number of phenolic OH excluding ortho intramolecular Hbond substituents is 1. The van der Waals surface area contributed by atoms with Gasteiger partial charge in [-0.25, -0.2) is 9.97 Å². The highest BCUT2D eigenvalue weighted by Gasteiger charge is 2.27. The van der Waals surface area contributed by atoms with Gasteiger partial charge in [-0.3, -0.25) is 4.98 Å². The van der Waals surface area contributed by atoms with Crippen LogP contribution < -0.4 is 5.32 Å². The van der Waals surface area contributed by atoms with Gasteiger partial charge in [-0.05, 0) is 24.3 Å². The first-order valence-electron chi connectivity index (χ1n) is 9.63. The normalized spacial score (nSPS) is 11.7. The van der Waals surface area contributed by atoms with E-state index in [9.17, 15) is 5.11 Å². The van der Waals surface area contributed by atoms with Gasteiger partial charge in [0.2, 0.25) is 0 Å². The summed E-state index contributed by atoms with van der Waals surface area (Å²) in [7, 11) is 0. The van der Waals surface area contributed by atoms with E-state index in [0.717, 1.165) is 34.2 Å². The second-order valence-electron chi connectivity index (χ2n) is 7.73. The SMILES string of the molecule is CC(C)(CNCc1ncc[nH]1)c1nc(-c2ccc(Cl)c(O)c2)c(-c2ccncc2)[nH]1. The number of hydrogen-bond donors (Lipinski definition) is 4. The maximum absolute atomic E-state index is 10.1. The van der Waals surface area contributed by atoms with Crippen LogP contribution in [-0.2, 0) is 12.0 Å². The summed E-state index contributed by atoms with van der Waals surface area (Å²) in [4.78, 5) is 19.9. The van der Waals surface area contributed by atoms with E-state index in [1.807, 2.05) is 24.4 Å². The Hall–Kier alpha value is -3.16. The third-order valence-electron chi connectivity index (χ3n) is 4.95. The number of nitrogens with zero attached hydrogens (tertiary/aromatic N) is 3. The van der Waals surface area contributed by atoms with E-state index < -0.39 is 0 Å². The summed E-state index contributed by atoms with van der Waals surface area (Å²) in [5.74, 6) is 1.75. The van der Waals surface area contributed by atoms with Gasteiger partial charge >= 0.3 is 0 Å². The summed E-state index contributed by atoms with van der Waals surface area (Å²) in [5.41, 5.74) is 3.09. The van der Waals surface area contributed by atoms with E-state index in [0.29, 0.717) is 18.1 Å². The Kier molecular flexibility index (Phi) is 5.57. The Balaban J connectivity index is 1.68. The Labute approximate surface area is 179 Å². The molecule has 3 aromatic heterocycles. The Bertz CT molecular complexity index is 1120. The summed E-state index contributed by atoms with van der Waals surface area (Å²) in [6.07, 6.45) is 7.04. The van der Waals surface area contributed by atoms with Gasteiger partial charge in [-0.1, -0.05) is 31.5 Å². The highest BCUT2D eigenvalue weighted by atomic mass is 35.5. The first-order valence-corrected chi connectivity index (χ1v) is 10.0. The van der Waals surface area contributed by atoms with Crippen LogP contribution in [0.25, 0.3) is 22.5 Å². The predicted molar refractivity (Wildman–Crippen MR) is 117 cm³/mol. The smallest absolute Gasteiger partial charge is 0.134 e. The first kappa shape index (κ1) is 20.1. The van der Waals surface area contributed by atoms with Crippen LogP contribution >= 0.6 is 11.6 Å². The van der Waals surface area contributed by atoms with Crippen molar-refractivity contribution in [1.29, 1.82) is 0 Å². The fourth-order valence-corrected chi connectivity index (χ4v) is 3.38. The summed E-state index contributed by atoms with van der Waals surface area (Å²) in [6, 6.07) is 9.02. The Morgan fingerprint density at radius 2 is 1.90 bits per heavy atom. The zero-order valence-corrected chi connectivity index (χ0v) is 17.5. The molecule has 4 aromatic rings. The van der Waals surface area contributed by atoms with Gasteiger partial charge in [0, 0.05) is 47.9 Å². The quantitative estimate of drug-likeness (QED) is 0.356. The molecule has 154 valence electrons. The lowest BCUT2D eigenvalue weighted by Gasteiger charge is -2.22. The van der Waals surface area contributed by atoms with Gasteiger partial charge in [0.1, 0.15) is 17.4 Å². The first-order chi connectivity index (χ1) is 14.4. The maximum Gasteiger partial charge on any atom is 0.134 e. The van der Waals surface area contributed by atoms with Crippen LogP contribution in [0.1, 0.15) is 25.5 Å². The third kappa shape index (κ3) is 4.22. The molecule has 0 amide bonds. The monoisotopic (exact) mass is 422 g/mol. The van der Waals surface area contributed by atoms with Gasteiger partial charge in [0.25, 0.3) is 0 Å². The maximum atomic E-state index is 10.1. The number of nitrogens with one attached hydrogen (secondary N) is 3. The highest BCUT2D eigenvalue weighted by molar-refractivity contribution is 6.32. The van der Waals surface area contributed by atoms with Crippen molar-refractivity contribution in [2.24, 2.45) is 0 Å². The molecule has 0 unspecified atom stereocenters. The van der Waals surface area contributed by atoms with Gasteiger partial charge in [0.05, 0.1) is 23.0 Å². The van der Waals surface area contributed by atoms with E-state index in [2.05, 4.69) is 39.1 Å². The summed E-state index contributed by atoms with van der Waals surface area (Å²) in [6.45, 7) is 5.59. The molecule has 0 bridgehead atoms. The average Bonchev–Trinajstić information content (AvgIpc) is 3.41. The standard InChI is InChI=1S/C22H23ClN6O/c1-22(2,13-25-12-18-26-9-10-27-18)21-28-19(14-5-7-24-8-6-14)20(29-21)15-3-4-16(23)17(30)11-15/h3-11,25,30H,12-13H2,1-2H3,(H,26,27)(H,28,29). The number of phenols is 1. The molecule has 4 rings (SSSR count). The van der Waals surface area contributed by atoms with Crippen LogP contribution in [0.5, 0.6) is 5.75 Å². The molecule has 0 atom stereocenters. The van der Waals surface area contributed by atoms with E-state index in [1.54, 1.807) is 30.7 Å². The summed E-state index contributed by atoms with van der Waals surface area (Å²) in [5, 5.41) is 13.8. The number of halogens is 1. The molecule has 0 aliphatic carbocycles. The van der Waals surface area contributed by atoms with Crippen molar-refractivity contribution in [2.45, 2.75) is 25.8 Å². The minimum atomic E-state index is -0.277. The van der Waals surface area contributed by atoms with Crippen LogP contribution in [0, 0.1) is 0 Å². The minimum absolute atomic E-state index is 0.0266. The van der Waals surface area contributed by atoms with Crippen molar-refractivity contribution < 1.29 is 5.11 Å². The number of rotatable bonds is 7. The zero-order chi connectivity index (χ0) is 21.1. The average molecular weight is 423 g/mol. The van der Waals surface area contributed by atoms with Crippen LogP contribution in [0.2, 0.25) is 5.02 Å². The van der Waals surface area contributed by atoms with E-state index >= 15 is 0 Å². The van der Waals surface area contributed by atoms with Crippen molar-refractivity contribution in [2.75, 3.05) is 6.54 Å². The number of benzene rings is 1. The highest BCUT2D eigenvalue weighted by Crippen LogP contribution is 2.36. The molecule has 0 saturated heterocycles. The largest absolute Gasteiger partial charge is 0.506 e. The third-order valence-corrected chi connectivity index (χ3v) is 5.27. The van der Waals surface area contributed by atoms with Crippen LogP contribution in [-0.4, -0.2) is 36.6 Å². The molecular formula is C22H23ClN6O. The fourth-order valence-electron chi connectivity index (χ4n) is 3.26. The number of pyridine rings is 1. The lowest BCUT2D eigenvalue weighted by atomic mass is 9.92. The topological polar surface area (TPSA) is 103 Å². The molecule has 4 N–H and O–H groups in total.